The standard InChI is InChI=1S/C12H11ClN2/c1-8-3-5-10(6-4-8)11-9(2)7-14-12(13)15-11/h3-7H,1-2H3. The number of benzene rings is 1. The van der Waals surface area contributed by atoms with E-state index >= 15 is 0 Å². The number of aryl methyl sites for hydroxylation is 2. The van der Waals surface area contributed by atoms with Crippen LogP contribution in [0.2, 0.25) is 5.28 Å². The molecular weight excluding hydrogens is 208 g/mol. The minimum absolute atomic E-state index is 0.288. The first-order valence-electron chi connectivity index (χ1n) is 4.73. The van der Waals surface area contributed by atoms with Gasteiger partial charge in [0.2, 0.25) is 5.28 Å². The van der Waals surface area contributed by atoms with Crippen molar-refractivity contribution in [2.24, 2.45) is 0 Å². The lowest BCUT2D eigenvalue weighted by Gasteiger charge is -2.04. The molecule has 0 saturated heterocycles. The van der Waals surface area contributed by atoms with Crippen molar-refractivity contribution < 1.29 is 0 Å². The highest BCUT2D eigenvalue weighted by Crippen LogP contribution is 2.21. The van der Waals surface area contributed by atoms with Crippen molar-refractivity contribution in [2.75, 3.05) is 0 Å². The van der Waals surface area contributed by atoms with E-state index in [1.165, 1.54) is 5.56 Å². The van der Waals surface area contributed by atoms with Crippen molar-refractivity contribution in [2.45, 2.75) is 13.8 Å². The number of hydrogen-bond donors (Lipinski definition) is 0. The normalized spacial score (nSPS) is 10.3. The lowest BCUT2D eigenvalue weighted by atomic mass is 10.1. The van der Waals surface area contributed by atoms with Crippen LogP contribution < -0.4 is 0 Å². The molecule has 2 rings (SSSR count). The van der Waals surface area contributed by atoms with Gasteiger partial charge in [-0.25, -0.2) is 9.97 Å². The Morgan fingerprint density at radius 3 is 2.40 bits per heavy atom. The second-order valence-electron chi connectivity index (χ2n) is 3.54. The molecule has 3 heteroatoms. The molecule has 0 bridgehead atoms. The molecule has 0 N–H and O–H groups in total. The first-order chi connectivity index (χ1) is 7.16. The van der Waals surface area contributed by atoms with Crippen molar-refractivity contribution in [3.05, 3.63) is 46.9 Å². The molecule has 76 valence electrons. The molecule has 0 atom stereocenters. The highest BCUT2D eigenvalue weighted by atomic mass is 35.5. The molecule has 0 unspecified atom stereocenters. The van der Waals surface area contributed by atoms with Crippen LogP contribution in [0.1, 0.15) is 11.1 Å². The Morgan fingerprint density at radius 2 is 1.73 bits per heavy atom. The van der Waals surface area contributed by atoms with E-state index in [9.17, 15) is 0 Å². The van der Waals surface area contributed by atoms with Crippen molar-refractivity contribution in [1.29, 1.82) is 0 Å². The predicted molar refractivity (Wildman–Crippen MR) is 62.0 cm³/mol. The fourth-order valence-corrected chi connectivity index (χ4v) is 1.56. The third-order valence-corrected chi connectivity index (χ3v) is 2.45. The number of hydrogen-bond acceptors (Lipinski definition) is 2. The number of aromatic nitrogens is 2. The Bertz CT molecular complexity index is 477. The third-order valence-electron chi connectivity index (χ3n) is 2.27. The van der Waals surface area contributed by atoms with Crippen LogP contribution in [0, 0.1) is 13.8 Å². The van der Waals surface area contributed by atoms with Gasteiger partial charge in [-0.15, -0.1) is 0 Å². The number of nitrogens with zero attached hydrogens (tertiary/aromatic N) is 2. The maximum Gasteiger partial charge on any atom is 0.222 e. The molecule has 0 aliphatic carbocycles. The van der Waals surface area contributed by atoms with Gasteiger partial charge in [-0.05, 0) is 31.0 Å². The van der Waals surface area contributed by atoms with Gasteiger partial charge < -0.3 is 0 Å². The summed E-state index contributed by atoms with van der Waals surface area (Å²) in [6, 6.07) is 8.21. The van der Waals surface area contributed by atoms with Gasteiger partial charge in [0, 0.05) is 11.8 Å². The van der Waals surface area contributed by atoms with Crippen LogP contribution in [0.5, 0.6) is 0 Å². The fourth-order valence-electron chi connectivity index (χ4n) is 1.42. The SMILES string of the molecule is Cc1ccc(-c2nc(Cl)ncc2C)cc1. The van der Waals surface area contributed by atoms with E-state index in [1.807, 2.05) is 19.1 Å². The fraction of sp³-hybridized carbons (Fsp3) is 0.167. The smallest absolute Gasteiger partial charge is 0.222 e. The summed E-state index contributed by atoms with van der Waals surface area (Å²) in [7, 11) is 0. The Morgan fingerprint density at radius 1 is 1.07 bits per heavy atom. The van der Waals surface area contributed by atoms with Gasteiger partial charge in [0.15, 0.2) is 0 Å². The molecule has 0 radical (unpaired) electrons. The minimum Gasteiger partial charge on any atom is -0.226 e. The quantitative estimate of drug-likeness (QED) is 0.686. The molecule has 2 nitrogen and oxygen atoms in total. The molecule has 0 aliphatic rings. The summed E-state index contributed by atoms with van der Waals surface area (Å²) in [6.07, 6.45) is 1.74. The largest absolute Gasteiger partial charge is 0.226 e. The zero-order chi connectivity index (χ0) is 10.8. The van der Waals surface area contributed by atoms with Crippen molar-refractivity contribution in [3.63, 3.8) is 0 Å². The van der Waals surface area contributed by atoms with Gasteiger partial charge in [0.25, 0.3) is 0 Å². The molecule has 1 aromatic carbocycles. The lowest BCUT2D eigenvalue weighted by molar-refractivity contribution is 1.13. The van der Waals surface area contributed by atoms with Crippen LogP contribution in [0.25, 0.3) is 11.3 Å². The second kappa shape index (κ2) is 3.99. The van der Waals surface area contributed by atoms with Crippen molar-refractivity contribution in [1.82, 2.24) is 9.97 Å². The number of halogens is 1. The minimum atomic E-state index is 0.288. The summed E-state index contributed by atoms with van der Waals surface area (Å²) in [5, 5.41) is 0.288. The van der Waals surface area contributed by atoms with E-state index < -0.39 is 0 Å². The van der Waals surface area contributed by atoms with E-state index in [1.54, 1.807) is 6.20 Å². The molecule has 15 heavy (non-hydrogen) atoms. The summed E-state index contributed by atoms with van der Waals surface area (Å²) >= 11 is 5.78. The van der Waals surface area contributed by atoms with Crippen molar-refractivity contribution in [3.8, 4) is 11.3 Å². The van der Waals surface area contributed by atoms with Gasteiger partial charge in [0.05, 0.1) is 5.69 Å². The van der Waals surface area contributed by atoms with Crippen molar-refractivity contribution >= 4 is 11.6 Å². The van der Waals surface area contributed by atoms with Crippen LogP contribution in [0.15, 0.2) is 30.5 Å². The maximum atomic E-state index is 5.78. The van der Waals surface area contributed by atoms with Gasteiger partial charge in [0.1, 0.15) is 0 Å². The monoisotopic (exact) mass is 218 g/mol. The summed E-state index contributed by atoms with van der Waals surface area (Å²) in [4.78, 5) is 8.16. The van der Waals surface area contributed by atoms with E-state index in [2.05, 4.69) is 29.0 Å². The van der Waals surface area contributed by atoms with Gasteiger partial charge in [-0.2, -0.15) is 0 Å². The summed E-state index contributed by atoms with van der Waals surface area (Å²) in [5.41, 5.74) is 4.23. The molecular formula is C12H11ClN2. The van der Waals surface area contributed by atoms with Crippen LogP contribution in [0.3, 0.4) is 0 Å². The lowest BCUT2D eigenvalue weighted by Crippen LogP contribution is -1.91. The topological polar surface area (TPSA) is 25.8 Å². The van der Waals surface area contributed by atoms with E-state index in [0.29, 0.717) is 0 Å². The first kappa shape index (κ1) is 10.1. The van der Waals surface area contributed by atoms with E-state index in [0.717, 1.165) is 16.8 Å². The van der Waals surface area contributed by atoms with E-state index in [-0.39, 0.29) is 5.28 Å². The molecule has 1 aromatic heterocycles. The molecule has 0 fully saturated rings. The summed E-state index contributed by atoms with van der Waals surface area (Å²) < 4.78 is 0. The molecule has 2 aromatic rings. The van der Waals surface area contributed by atoms with Crippen LogP contribution in [-0.2, 0) is 0 Å². The molecule has 1 heterocycles. The highest BCUT2D eigenvalue weighted by Gasteiger charge is 2.04. The summed E-state index contributed by atoms with van der Waals surface area (Å²) in [5.74, 6) is 0. The van der Waals surface area contributed by atoms with E-state index in [4.69, 9.17) is 11.6 Å². The van der Waals surface area contributed by atoms with Crippen LogP contribution in [-0.4, -0.2) is 9.97 Å². The highest BCUT2D eigenvalue weighted by molar-refractivity contribution is 6.28. The molecule has 0 spiro atoms. The average molecular weight is 219 g/mol. The predicted octanol–water partition coefficient (Wildman–Crippen LogP) is 3.41. The number of rotatable bonds is 1. The van der Waals surface area contributed by atoms with Crippen LogP contribution in [0.4, 0.5) is 0 Å². The third kappa shape index (κ3) is 2.16. The molecule has 0 saturated carbocycles. The maximum absolute atomic E-state index is 5.78. The Hall–Kier alpha value is -1.41. The average Bonchev–Trinajstić information content (AvgIpc) is 2.23. The zero-order valence-corrected chi connectivity index (χ0v) is 9.42. The molecule has 0 aliphatic heterocycles. The first-order valence-corrected chi connectivity index (χ1v) is 5.11. The van der Waals surface area contributed by atoms with Crippen LogP contribution >= 0.6 is 11.6 Å². The van der Waals surface area contributed by atoms with Gasteiger partial charge in [-0.3, -0.25) is 0 Å². The Labute approximate surface area is 94.0 Å². The van der Waals surface area contributed by atoms with Gasteiger partial charge >= 0.3 is 0 Å². The Kier molecular flexibility index (Phi) is 2.69. The zero-order valence-electron chi connectivity index (χ0n) is 8.66. The second-order valence-corrected chi connectivity index (χ2v) is 3.87. The Balaban J connectivity index is 2.53. The summed E-state index contributed by atoms with van der Waals surface area (Å²) in [6.45, 7) is 4.04. The molecule has 0 amide bonds. The van der Waals surface area contributed by atoms with Gasteiger partial charge in [-0.1, -0.05) is 29.8 Å².